The molecule has 81 heavy (non-hydrogen) atoms. The van der Waals surface area contributed by atoms with Crippen molar-refractivity contribution in [2.75, 3.05) is 6.26 Å². The molecule has 0 aliphatic carbocycles. The van der Waals surface area contributed by atoms with Crippen LogP contribution in [0.2, 0.25) is 0 Å². The molecule has 0 aliphatic heterocycles. The van der Waals surface area contributed by atoms with Gasteiger partial charge in [0, 0.05) is 57.9 Å². The Morgan fingerprint density at radius 3 is 1.12 bits per heavy atom. The highest BCUT2D eigenvalue weighted by atomic mass is 32.2. The van der Waals surface area contributed by atoms with E-state index in [0.717, 1.165) is 132 Å². The van der Waals surface area contributed by atoms with Gasteiger partial charge in [0.2, 0.25) is 19.7 Å². The molecule has 0 saturated carbocycles. The van der Waals surface area contributed by atoms with Crippen molar-refractivity contribution < 1.29 is 83.1 Å². The summed E-state index contributed by atoms with van der Waals surface area (Å²) >= 11 is 2.46. The predicted molar refractivity (Wildman–Crippen MR) is 297 cm³/mol. The van der Waals surface area contributed by atoms with E-state index in [1.54, 1.807) is 19.1 Å². The summed E-state index contributed by atoms with van der Waals surface area (Å²) in [5.74, 6) is -2.75. The maximum absolute atomic E-state index is 14.5. The first kappa shape index (κ1) is 60.5. The second kappa shape index (κ2) is 23.0. The Morgan fingerprint density at radius 2 is 0.679 bits per heavy atom. The first-order valence-corrected chi connectivity index (χ1v) is 34.2. The first-order chi connectivity index (χ1) is 37.7. The smallest absolute Gasteiger partial charge is 0.289 e. The van der Waals surface area contributed by atoms with Crippen molar-refractivity contribution in [1.29, 1.82) is 0 Å². The monoisotopic (exact) mass is 1270 g/mol. The molecule has 28 heteroatoms. The van der Waals surface area contributed by atoms with E-state index in [4.69, 9.17) is 0 Å². The Labute approximate surface area is 477 Å². The van der Waals surface area contributed by atoms with Crippen molar-refractivity contribution in [3.8, 4) is 0 Å². The van der Waals surface area contributed by atoms with Crippen molar-refractivity contribution in [2.24, 2.45) is 0 Å². The van der Waals surface area contributed by atoms with Gasteiger partial charge in [0.15, 0.2) is 17.3 Å². The molecule has 19 nitrogen and oxygen atoms in total. The van der Waals surface area contributed by atoms with Crippen LogP contribution >= 0.6 is 35.3 Å². The van der Waals surface area contributed by atoms with Crippen LogP contribution in [-0.2, 0) is 60.1 Å². The van der Waals surface area contributed by atoms with Crippen LogP contribution in [0.1, 0.15) is 53.3 Å². The van der Waals surface area contributed by atoms with Crippen molar-refractivity contribution in [3.63, 3.8) is 0 Å². The van der Waals surface area contributed by atoms with Crippen LogP contribution in [0.4, 0.5) is 0 Å². The van der Waals surface area contributed by atoms with Gasteiger partial charge in [-0.15, -0.1) is 11.8 Å². The van der Waals surface area contributed by atoms with E-state index in [9.17, 15) is 83.1 Å². The van der Waals surface area contributed by atoms with Crippen LogP contribution in [-0.4, -0.2) is 92.3 Å². The van der Waals surface area contributed by atoms with E-state index in [0.29, 0.717) is 0 Å². The number of rotatable bonds is 19. The molecule has 0 heterocycles. The zero-order valence-electron chi connectivity index (χ0n) is 41.3. The second-order valence-electron chi connectivity index (χ2n) is 17.3. The number of hydrogen-bond donors (Lipinski definition) is 4. The molecule has 0 aromatic heterocycles. The van der Waals surface area contributed by atoms with Crippen LogP contribution in [0, 0.1) is 6.92 Å². The number of aryl methyl sites for hydroxylation is 1. The molecule has 0 fully saturated rings. The van der Waals surface area contributed by atoms with Gasteiger partial charge < -0.3 is 0 Å². The predicted octanol–water partition coefficient (Wildman–Crippen LogP) is 9.36. The summed E-state index contributed by atoms with van der Waals surface area (Å²) in [6, 6.07) is 32.9. The normalized spacial score (nSPS) is 12.5. The molecular formula is C53H38O19S9. The molecule has 0 atom stereocenters. The lowest BCUT2D eigenvalue weighted by molar-refractivity contribution is 0.103. The van der Waals surface area contributed by atoms with E-state index in [2.05, 4.69) is 0 Å². The highest BCUT2D eigenvalue weighted by Crippen LogP contribution is 2.38. The van der Waals surface area contributed by atoms with Gasteiger partial charge in [-0.3, -0.25) is 32.6 Å². The minimum Gasteiger partial charge on any atom is -0.289 e. The molecule has 0 radical (unpaired) electrons. The van der Waals surface area contributed by atoms with Crippen LogP contribution in [0.25, 0.3) is 0 Å². The van der Waals surface area contributed by atoms with Crippen molar-refractivity contribution in [1.82, 2.24) is 0 Å². The van der Waals surface area contributed by atoms with E-state index in [-0.39, 0.29) is 56.5 Å². The van der Waals surface area contributed by atoms with Gasteiger partial charge in [-0.25, -0.2) is 16.8 Å². The van der Waals surface area contributed by atoms with Crippen molar-refractivity contribution in [2.45, 2.75) is 70.6 Å². The lowest BCUT2D eigenvalue weighted by atomic mass is 9.92. The van der Waals surface area contributed by atoms with Gasteiger partial charge >= 0.3 is 0 Å². The molecule has 0 bridgehead atoms. The Morgan fingerprint density at radius 1 is 0.333 bits per heavy atom. The average Bonchev–Trinajstić information content (AvgIpc) is 3.41. The van der Waals surface area contributed by atoms with E-state index in [1.807, 2.05) is 0 Å². The summed E-state index contributed by atoms with van der Waals surface area (Å²) in [6.45, 7) is 1.75. The zero-order valence-corrected chi connectivity index (χ0v) is 48.6. The lowest BCUT2D eigenvalue weighted by Gasteiger charge is -2.13. The Bertz CT molecular complexity index is 4620. The van der Waals surface area contributed by atoms with E-state index >= 15 is 0 Å². The SMILES string of the molecule is CSc1ccc(C(=O)c2cc(C(=O)c3ccc(Sc4ccc(S(=O)(=O)c5ccc(C)cc5)cc4S(=O)(=O)O)cc3)cc(C(=O)c3ccc(Sc4ccc(S(=O)(=O)c5cccc(S(=O)(=O)O)c5)cc4)c(S(=O)(=O)O)c3)c2)cc1S(=O)(=O)O. The lowest BCUT2D eigenvalue weighted by Crippen LogP contribution is -2.12. The number of hydrogen-bond acceptors (Lipinski definition) is 18. The van der Waals surface area contributed by atoms with Gasteiger partial charge in [0.1, 0.15) is 14.7 Å². The molecule has 0 unspecified atom stereocenters. The first-order valence-electron chi connectivity index (χ1n) is 22.6. The number of ketones is 3. The number of thioether (sulfide) groups is 1. The molecule has 8 aromatic carbocycles. The summed E-state index contributed by atoms with van der Waals surface area (Å²) in [5.41, 5.74) is -1.05. The number of carbonyl (C=O) groups excluding carboxylic acids is 3. The van der Waals surface area contributed by atoms with Gasteiger partial charge in [0.05, 0.1) is 24.5 Å². The Hall–Kier alpha value is -6.64. The minimum atomic E-state index is -5.15. The van der Waals surface area contributed by atoms with Crippen molar-refractivity contribution in [3.05, 3.63) is 209 Å². The van der Waals surface area contributed by atoms with Gasteiger partial charge in [-0.2, -0.15) is 33.7 Å². The maximum Gasteiger partial charge on any atom is 0.295 e. The molecule has 418 valence electrons. The minimum absolute atomic E-state index is 0.0677. The molecular weight excluding hydrogens is 1230 g/mol. The third-order valence-electron chi connectivity index (χ3n) is 11.9. The fourth-order valence-corrected chi connectivity index (χ4v) is 16.4. The van der Waals surface area contributed by atoms with Crippen LogP contribution in [0.15, 0.2) is 233 Å². The third-order valence-corrected chi connectivity index (χ3v) is 22.3. The number of carbonyl (C=O) groups is 3. The molecule has 0 aliphatic rings. The van der Waals surface area contributed by atoms with Crippen molar-refractivity contribution >= 4 is 113 Å². The summed E-state index contributed by atoms with van der Waals surface area (Å²) in [5, 5.41) is 0. The second-order valence-corrected chi connectivity index (χ2v) is 29.9. The van der Waals surface area contributed by atoms with Crippen LogP contribution in [0.5, 0.6) is 0 Å². The molecule has 4 N–H and O–H groups in total. The average molecular weight is 1270 g/mol. The maximum atomic E-state index is 14.5. The summed E-state index contributed by atoms with van der Waals surface area (Å²) in [6.07, 6.45) is 1.52. The fourth-order valence-electron chi connectivity index (χ4n) is 7.82. The van der Waals surface area contributed by atoms with E-state index in [1.165, 1.54) is 73.0 Å². The van der Waals surface area contributed by atoms with Crippen LogP contribution in [0.3, 0.4) is 0 Å². The van der Waals surface area contributed by atoms with Gasteiger partial charge in [0.25, 0.3) is 40.5 Å². The quantitative estimate of drug-likeness (QED) is 0.0332. The van der Waals surface area contributed by atoms with Gasteiger partial charge in [-0.1, -0.05) is 47.3 Å². The molecule has 8 aromatic rings. The number of benzene rings is 8. The highest BCUT2D eigenvalue weighted by molar-refractivity contribution is 8.00. The Balaban J connectivity index is 1.13. The summed E-state index contributed by atoms with van der Waals surface area (Å²) < 4.78 is 193. The standard InChI is InChI=1S/C53H38O19S9/c1-31-6-16-40(17-7-31)77(59,60)43-20-23-47(50(30-43)81(70,71)72)74-38-12-8-32(9-13-38)51(54)35-24-36(52(55)33-10-21-45(73-2)48(27-33)79(64,65)66)26-37(25-35)53(56)34-11-22-46(49(28-34)80(67,68)69)75-39-14-18-41(19-15-39)76(57,58)42-4-3-5-44(29-42)78(61,62)63/h3-30H,1-2H3,(H,61,62,63)(H,64,65,66)(H,67,68,69)(H,70,71,72). The zero-order chi connectivity index (χ0) is 59.2. The molecule has 0 amide bonds. The summed E-state index contributed by atoms with van der Waals surface area (Å²) in [4.78, 5) is 39.3. The fraction of sp³-hybridized carbons (Fsp3) is 0.0377. The number of sulfone groups is 2. The summed E-state index contributed by atoms with van der Waals surface area (Å²) in [7, 11) is -28.4. The molecule has 8 rings (SSSR count). The third kappa shape index (κ3) is 13.5. The van der Waals surface area contributed by atoms with Gasteiger partial charge in [-0.05, 0) is 165 Å². The van der Waals surface area contributed by atoms with E-state index < -0.39 is 118 Å². The largest absolute Gasteiger partial charge is 0.295 e. The Kier molecular flexibility index (Phi) is 17.1. The van der Waals surface area contributed by atoms with Crippen LogP contribution < -0.4 is 0 Å². The highest BCUT2D eigenvalue weighted by Gasteiger charge is 2.28. The topological polar surface area (TPSA) is 337 Å². The molecule has 0 spiro atoms. The molecule has 0 saturated heterocycles.